The van der Waals surface area contributed by atoms with Gasteiger partial charge in [0, 0.05) is 18.9 Å². The van der Waals surface area contributed by atoms with E-state index < -0.39 is 0 Å². The van der Waals surface area contributed by atoms with Crippen molar-refractivity contribution in [1.82, 2.24) is 14.9 Å². The summed E-state index contributed by atoms with van der Waals surface area (Å²) < 4.78 is 0. The largest absolute Gasteiger partial charge is 0.394 e. The molecule has 2 rings (SSSR count). The normalized spacial score (nSPS) is 20.6. The lowest BCUT2D eigenvalue weighted by atomic mass is 10.2. The number of hydrogen-bond donors (Lipinski definition) is 1. The Bertz CT molecular complexity index is 342. The van der Waals surface area contributed by atoms with Crippen molar-refractivity contribution in [1.29, 1.82) is 0 Å². The zero-order valence-electron chi connectivity index (χ0n) is 8.33. The quantitative estimate of drug-likeness (QED) is 0.745. The third-order valence-electron chi connectivity index (χ3n) is 2.63. The van der Waals surface area contributed by atoms with E-state index in [-0.39, 0.29) is 18.6 Å². The van der Waals surface area contributed by atoms with Crippen LogP contribution >= 0.6 is 0 Å². The van der Waals surface area contributed by atoms with Crippen LogP contribution < -0.4 is 0 Å². The molecule has 1 amide bonds. The van der Waals surface area contributed by atoms with Gasteiger partial charge < -0.3 is 10.0 Å². The number of likely N-dealkylation sites (tertiary alicyclic amines) is 1. The lowest BCUT2D eigenvalue weighted by molar-refractivity contribution is 0.0671. The molecule has 0 bridgehead atoms. The third kappa shape index (κ3) is 1.97. The van der Waals surface area contributed by atoms with E-state index in [4.69, 9.17) is 5.11 Å². The van der Waals surface area contributed by atoms with Gasteiger partial charge in [-0.1, -0.05) is 0 Å². The Morgan fingerprint density at radius 1 is 1.60 bits per heavy atom. The molecular weight excluding hydrogens is 194 g/mol. The highest BCUT2D eigenvalue weighted by Crippen LogP contribution is 2.18. The van der Waals surface area contributed by atoms with E-state index in [0.29, 0.717) is 12.2 Å². The van der Waals surface area contributed by atoms with Gasteiger partial charge in [0.2, 0.25) is 0 Å². The second kappa shape index (κ2) is 4.35. The highest BCUT2D eigenvalue weighted by molar-refractivity contribution is 5.92. The fraction of sp³-hybridized carbons (Fsp3) is 0.500. The van der Waals surface area contributed by atoms with Gasteiger partial charge in [0.25, 0.3) is 5.91 Å². The van der Waals surface area contributed by atoms with Crippen LogP contribution in [0.15, 0.2) is 18.6 Å². The van der Waals surface area contributed by atoms with Crippen molar-refractivity contribution in [2.75, 3.05) is 13.2 Å². The topological polar surface area (TPSA) is 66.3 Å². The van der Waals surface area contributed by atoms with E-state index in [2.05, 4.69) is 9.97 Å². The number of aromatic nitrogens is 2. The van der Waals surface area contributed by atoms with Crippen molar-refractivity contribution in [3.8, 4) is 0 Å². The Kier molecular flexibility index (Phi) is 2.91. The molecule has 0 aromatic carbocycles. The number of carbonyl (C=O) groups excluding carboxylic acids is 1. The van der Waals surface area contributed by atoms with E-state index in [1.807, 2.05) is 0 Å². The van der Waals surface area contributed by atoms with Crippen LogP contribution in [-0.2, 0) is 0 Å². The molecule has 1 unspecified atom stereocenters. The molecule has 0 aliphatic carbocycles. The summed E-state index contributed by atoms with van der Waals surface area (Å²) in [6, 6.07) is -0.0560. The maximum atomic E-state index is 11.9. The minimum Gasteiger partial charge on any atom is -0.394 e. The zero-order valence-corrected chi connectivity index (χ0v) is 8.33. The van der Waals surface area contributed by atoms with Crippen LogP contribution in [0.3, 0.4) is 0 Å². The van der Waals surface area contributed by atoms with Gasteiger partial charge in [0.05, 0.1) is 18.8 Å². The average molecular weight is 207 g/mol. The fourth-order valence-corrected chi connectivity index (χ4v) is 1.85. The first-order valence-corrected chi connectivity index (χ1v) is 5.01. The molecule has 1 aromatic rings. The summed E-state index contributed by atoms with van der Waals surface area (Å²) in [7, 11) is 0. The average Bonchev–Trinajstić information content (AvgIpc) is 2.77. The molecule has 1 aromatic heterocycles. The van der Waals surface area contributed by atoms with Gasteiger partial charge in [0.1, 0.15) is 5.69 Å². The van der Waals surface area contributed by atoms with Crippen LogP contribution in [0.5, 0.6) is 0 Å². The van der Waals surface area contributed by atoms with Crippen molar-refractivity contribution in [3.05, 3.63) is 24.3 Å². The summed E-state index contributed by atoms with van der Waals surface area (Å²) in [6.07, 6.45) is 6.29. The summed E-state index contributed by atoms with van der Waals surface area (Å²) in [6.45, 7) is 0.715. The summed E-state index contributed by atoms with van der Waals surface area (Å²) in [4.78, 5) is 21.4. The number of amides is 1. The molecule has 1 N–H and O–H groups in total. The van der Waals surface area contributed by atoms with Gasteiger partial charge in [0.15, 0.2) is 0 Å². The van der Waals surface area contributed by atoms with E-state index in [1.54, 1.807) is 4.90 Å². The third-order valence-corrected chi connectivity index (χ3v) is 2.63. The van der Waals surface area contributed by atoms with Gasteiger partial charge in [-0.05, 0) is 12.8 Å². The number of aliphatic hydroxyl groups is 1. The molecule has 0 spiro atoms. The van der Waals surface area contributed by atoms with Gasteiger partial charge in [-0.25, -0.2) is 4.98 Å². The fourth-order valence-electron chi connectivity index (χ4n) is 1.85. The summed E-state index contributed by atoms with van der Waals surface area (Å²) in [5.74, 6) is -0.139. The predicted octanol–water partition coefficient (Wildman–Crippen LogP) is 0.0735. The molecule has 5 heteroatoms. The molecule has 0 saturated carbocycles. The Morgan fingerprint density at radius 2 is 2.47 bits per heavy atom. The lowest BCUT2D eigenvalue weighted by Gasteiger charge is -2.22. The molecule has 1 aliphatic rings. The van der Waals surface area contributed by atoms with Crippen molar-refractivity contribution in [3.63, 3.8) is 0 Å². The molecule has 1 saturated heterocycles. The molecule has 1 fully saturated rings. The Balaban J connectivity index is 2.14. The van der Waals surface area contributed by atoms with Crippen LogP contribution in [0.25, 0.3) is 0 Å². The van der Waals surface area contributed by atoms with Crippen LogP contribution in [0, 0.1) is 0 Å². The number of carbonyl (C=O) groups is 1. The number of aliphatic hydroxyl groups excluding tert-OH is 1. The summed E-state index contributed by atoms with van der Waals surface area (Å²) in [5.41, 5.74) is 0.345. The maximum absolute atomic E-state index is 11.9. The molecule has 0 radical (unpaired) electrons. The number of nitrogens with zero attached hydrogens (tertiary/aromatic N) is 3. The van der Waals surface area contributed by atoms with Crippen LogP contribution in [0.4, 0.5) is 0 Å². The second-order valence-corrected chi connectivity index (χ2v) is 3.57. The van der Waals surface area contributed by atoms with Crippen molar-refractivity contribution in [2.24, 2.45) is 0 Å². The molecule has 1 aliphatic heterocycles. The van der Waals surface area contributed by atoms with Crippen LogP contribution in [0.1, 0.15) is 23.3 Å². The van der Waals surface area contributed by atoms with Gasteiger partial charge >= 0.3 is 0 Å². The Labute approximate surface area is 87.8 Å². The second-order valence-electron chi connectivity index (χ2n) is 3.57. The predicted molar refractivity (Wildman–Crippen MR) is 53.2 cm³/mol. The molecular formula is C10H13N3O2. The minimum absolute atomic E-state index is 0.0198. The first-order valence-electron chi connectivity index (χ1n) is 5.01. The zero-order chi connectivity index (χ0) is 10.7. The first-order chi connectivity index (χ1) is 7.33. The molecule has 15 heavy (non-hydrogen) atoms. The SMILES string of the molecule is O=C(c1cnccn1)N1CCCC1CO. The van der Waals surface area contributed by atoms with Gasteiger partial charge in [-0.15, -0.1) is 0 Å². The van der Waals surface area contributed by atoms with E-state index in [0.717, 1.165) is 12.8 Å². The molecule has 80 valence electrons. The summed E-state index contributed by atoms with van der Waals surface area (Å²) >= 11 is 0. The Morgan fingerprint density at radius 3 is 3.13 bits per heavy atom. The highest BCUT2D eigenvalue weighted by Gasteiger charge is 2.29. The standard InChI is InChI=1S/C10H13N3O2/c14-7-8-2-1-5-13(8)10(15)9-6-11-3-4-12-9/h3-4,6,8,14H,1-2,5,7H2. The van der Waals surface area contributed by atoms with Crippen molar-refractivity contribution < 1.29 is 9.90 Å². The first kappa shape index (κ1) is 10.0. The van der Waals surface area contributed by atoms with E-state index >= 15 is 0 Å². The molecule has 2 heterocycles. The summed E-state index contributed by atoms with van der Waals surface area (Å²) in [5, 5.41) is 9.10. The molecule has 1 atom stereocenters. The minimum atomic E-state index is -0.139. The lowest BCUT2D eigenvalue weighted by Crippen LogP contribution is -2.38. The highest BCUT2D eigenvalue weighted by atomic mass is 16.3. The van der Waals surface area contributed by atoms with Crippen molar-refractivity contribution >= 4 is 5.91 Å². The smallest absolute Gasteiger partial charge is 0.274 e. The van der Waals surface area contributed by atoms with Crippen LogP contribution in [0.2, 0.25) is 0 Å². The van der Waals surface area contributed by atoms with E-state index in [9.17, 15) is 4.79 Å². The van der Waals surface area contributed by atoms with Gasteiger partial charge in [-0.3, -0.25) is 9.78 Å². The number of rotatable bonds is 2. The van der Waals surface area contributed by atoms with Crippen molar-refractivity contribution in [2.45, 2.75) is 18.9 Å². The van der Waals surface area contributed by atoms with Gasteiger partial charge in [-0.2, -0.15) is 0 Å². The molecule has 5 nitrogen and oxygen atoms in total. The number of hydrogen-bond acceptors (Lipinski definition) is 4. The van der Waals surface area contributed by atoms with Crippen LogP contribution in [-0.4, -0.2) is 45.1 Å². The maximum Gasteiger partial charge on any atom is 0.274 e. The Hall–Kier alpha value is -1.49. The van der Waals surface area contributed by atoms with E-state index in [1.165, 1.54) is 18.6 Å². The monoisotopic (exact) mass is 207 g/mol.